The fourth-order valence-corrected chi connectivity index (χ4v) is 3.94. The van der Waals surface area contributed by atoms with E-state index in [-0.39, 0.29) is 17.3 Å². The summed E-state index contributed by atoms with van der Waals surface area (Å²) in [4.78, 5) is 11.6. The summed E-state index contributed by atoms with van der Waals surface area (Å²) < 4.78 is 28.7. The van der Waals surface area contributed by atoms with Gasteiger partial charge in [0.05, 0.1) is 12.3 Å². The molecule has 0 saturated carbocycles. The van der Waals surface area contributed by atoms with Crippen molar-refractivity contribution in [2.75, 3.05) is 18.5 Å². The van der Waals surface area contributed by atoms with E-state index in [0.717, 1.165) is 30.5 Å². The van der Waals surface area contributed by atoms with Crippen molar-refractivity contribution in [1.29, 1.82) is 0 Å². The summed E-state index contributed by atoms with van der Waals surface area (Å²) in [7, 11) is 1.74. The molecule has 0 fully saturated rings. The molecule has 1 heterocycles. The molecule has 2 rings (SSSR count). The SMILES string of the molecule is CCOC(=O)CCc1cc2c(c(S(=O)(=O)Cl)c1)NC[C@@H](CC)C2. The molecule has 1 N–H and O–H groups in total. The number of aryl methyl sites for hydroxylation is 1. The van der Waals surface area contributed by atoms with E-state index in [1.165, 1.54) is 0 Å². The van der Waals surface area contributed by atoms with Gasteiger partial charge >= 0.3 is 5.97 Å². The number of halogens is 1. The molecule has 23 heavy (non-hydrogen) atoms. The van der Waals surface area contributed by atoms with Crippen LogP contribution in [0.4, 0.5) is 5.69 Å². The molecule has 1 aliphatic heterocycles. The Kier molecular flexibility index (Phi) is 5.92. The maximum Gasteiger partial charge on any atom is 0.306 e. The van der Waals surface area contributed by atoms with E-state index in [0.29, 0.717) is 24.6 Å². The summed E-state index contributed by atoms with van der Waals surface area (Å²) in [6, 6.07) is 3.52. The fourth-order valence-electron chi connectivity index (χ4n) is 2.83. The van der Waals surface area contributed by atoms with E-state index in [4.69, 9.17) is 15.4 Å². The molecule has 0 amide bonds. The van der Waals surface area contributed by atoms with Crippen molar-refractivity contribution in [2.24, 2.45) is 5.92 Å². The molecule has 1 aromatic carbocycles. The normalized spacial score (nSPS) is 17.3. The first-order valence-corrected chi connectivity index (χ1v) is 10.2. The molecule has 0 radical (unpaired) electrons. The van der Waals surface area contributed by atoms with E-state index in [2.05, 4.69) is 12.2 Å². The van der Waals surface area contributed by atoms with Crippen LogP contribution in [0.2, 0.25) is 0 Å². The number of fused-ring (bicyclic) bond motifs is 1. The molecule has 5 nitrogen and oxygen atoms in total. The maximum atomic E-state index is 11.9. The van der Waals surface area contributed by atoms with Gasteiger partial charge in [0, 0.05) is 23.6 Å². The van der Waals surface area contributed by atoms with E-state index in [1.807, 2.05) is 6.07 Å². The highest BCUT2D eigenvalue weighted by molar-refractivity contribution is 8.13. The van der Waals surface area contributed by atoms with Gasteiger partial charge in [-0.1, -0.05) is 19.4 Å². The molecule has 7 heteroatoms. The number of nitrogens with one attached hydrogen (secondary N) is 1. The minimum atomic E-state index is -3.85. The average Bonchev–Trinajstić information content (AvgIpc) is 2.50. The third kappa shape index (κ3) is 4.61. The highest BCUT2D eigenvalue weighted by Crippen LogP contribution is 2.35. The molecule has 1 atom stereocenters. The van der Waals surface area contributed by atoms with Gasteiger partial charge in [-0.05, 0) is 42.9 Å². The molecule has 0 aromatic heterocycles. The fraction of sp³-hybridized carbons (Fsp3) is 0.562. The topological polar surface area (TPSA) is 72.5 Å². The summed E-state index contributed by atoms with van der Waals surface area (Å²) in [5, 5.41) is 3.20. The van der Waals surface area contributed by atoms with Crippen molar-refractivity contribution < 1.29 is 17.9 Å². The highest BCUT2D eigenvalue weighted by Gasteiger charge is 2.25. The Morgan fingerprint density at radius 2 is 2.13 bits per heavy atom. The molecular weight excluding hydrogens is 338 g/mol. The molecule has 1 aliphatic rings. The van der Waals surface area contributed by atoms with Crippen LogP contribution in [0.1, 0.15) is 37.8 Å². The number of rotatable bonds is 6. The van der Waals surface area contributed by atoms with Crippen molar-refractivity contribution in [3.63, 3.8) is 0 Å². The molecule has 0 saturated heterocycles. The number of anilines is 1. The van der Waals surface area contributed by atoms with Crippen molar-refractivity contribution >= 4 is 31.4 Å². The number of carbonyl (C=O) groups excluding carboxylic acids is 1. The first-order valence-electron chi connectivity index (χ1n) is 7.85. The second-order valence-corrected chi connectivity index (χ2v) is 8.26. The van der Waals surface area contributed by atoms with E-state index < -0.39 is 9.05 Å². The lowest BCUT2D eigenvalue weighted by Crippen LogP contribution is -2.24. The van der Waals surface area contributed by atoms with Crippen LogP contribution in [0.25, 0.3) is 0 Å². The van der Waals surface area contributed by atoms with E-state index in [1.54, 1.807) is 13.0 Å². The summed E-state index contributed by atoms with van der Waals surface area (Å²) in [5.74, 6) is 0.179. The lowest BCUT2D eigenvalue weighted by molar-refractivity contribution is -0.143. The smallest absolute Gasteiger partial charge is 0.306 e. The van der Waals surface area contributed by atoms with Gasteiger partial charge in [-0.2, -0.15) is 0 Å². The number of benzene rings is 1. The van der Waals surface area contributed by atoms with Crippen LogP contribution in [0.3, 0.4) is 0 Å². The van der Waals surface area contributed by atoms with Crippen molar-refractivity contribution in [3.05, 3.63) is 23.3 Å². The zero-order valence-corrected chi connectivity index (χ0v) is 15.0. The largest absolute Gasteiger partial charge is 0.466 e. The zero-order valence-electron chi connectivity index (χ0n) is 13.4. The number of hydrogen-bond donors (Lipinski definition) is 1. The van der Waals surface area contributed by atoms with Crippen molar-refractivity contribution in [2.45, 2.75) is 44.4 Å². The Morgan fingerprint density at radius 3 is 2.74 bits per heavy atom. The Balaban J connectivity index is 2.32. The van der Waals surface area contributed by atoms with Gasteiger partial charge in [-0.3, -0.25) is 4.79 Å². The Bertz CT molecular complexity index is 688. The maximum absolute atomic E-state index is 11.9. The molecule has 128 valence electrons. The van der Waals surface area contributed by atoms with Gasteiger partial charge in [0.15, 0.2) is 0 Å². The molecule has 0 aliphatic carbocycles. The van der Waals surface area contributed by atoms with Gasteiger partial charge in [-0.15, -0.1) is 0 Å². The van der Waals surface area contributed by atoms with Gasteiger partial charge in [-0.25, -0.2) is 8.42 Å². The lowest BCUT2D eigenvalue weighted by Gasteiger charge is -2.27. The number of hydrogen-bond acceptors (Lipinski definition) is 5. The van der Waals surface area contributed by atoms with Gasteiger partial charge in [0.25, 0.3) is 9.05 Å². The lowest BCUT2D eigenvalue weighted by atomic mass is 9.90. The minimum absolute atomic E-state index is 0.102. The zero-order chi connectivity index (χ0) is 17.0. The van der Waals surface area contributed by atoms with Crippen LogP contribution in [-0.4, -0.2) is 27.5 Å². The second kappa shape index (κ2) is 7.53. The Morgan fingerprint density at radius 1 is 1.39 bits per heavy atom. The third-order valence-corrected chi connectivity index (χ3v) is 5.43. The Hall–Kier alpha value is -1.27. The van der Waals surface area contributed by atoms with Crippen LogP contribution in [-0.2, 0) is 31.4 Å². The van der Waals surface area contributed by atoms with Gasteiger partial charge in [0.1, 0.15) is 4.90 Å². The van der Waals surface area contributed by atoms with Crippen LogP contribution in [0, 0.1) is 5.92 Å². The minimum Gasteiger partial charge on any atom is -0.466 e. The standard InChI is InChI=1S/C16H22ClNO4S/c1-3-11-7-13-8-12(5-6-15(19)22-4-2)9-14(23(17,20)21)16(13)18-10-11/h8-9,11,18H,3-7,10H2,1-2H3/t11-/m0/s1. The van der Waals surface area contributed by atoms with E-state index >= 15 is 0 Å². The van der Waals surface area contributed by atoms with Gasteiger partial charge in [0.2, 0.25) is 0 Å². The predicted octanol–water partition coefficient (Wildman–Crippen LogP) is 3.10. The van der Waals surface area contributed by atoms with E-state index in [9.17, 15) is 13.2 Å². The number of esters is 1. The first-order chi connectivity index (χ1) is 10.8. The summed E-state index contributed by atoms with van der Waals surface area (Å²) >= 11 is 0. The quantitative estimate of drug-likeness (QED) is 0.624. The molecule has 1 aromatic rings. The molecular formula is C16H22ClNO4S. The van der Waals surface area contributed by atoms with Crippen molar-refractivity contribution in [1.82, 2.24) is 0 Å². The number of ether oxygens (including phenoxy) is 1. The molecule has 0 bridgehead atoms. The van der Waals surface area contributed by atoms with Crippen molar-refractivity contribution in [3.8, 4) is 0 Å². The third-order valence-electron chi connectivity index (χ3n) is 4.08. The Labute approximate surface area is 141 Å². The van der Waals surface area contributed by atoms with Gasteiger partial charge < -0.3 is 10.1 Å². The summed E-state index contributed by atoms with van der Waals surface area (Å²) in [6.45, 7) is 4.95. The molecule has 0 spiro atoms. The van der Waals surface area contributed by atoms with Crippen LogP contribution < -0.4 is 5.32 Å². The summed E-state index contributed by atoms with van der Waals surface area (Å²) in [6.07, 6.45) is 2.48. The van der Waals surface area contributed by atoms with Crippen LogP contribution in [0.5, 0.6) is 0 Å². The average molecular weight is 360 g/mol. The first kappa shape index (κ1) is 18.1. The number of carbonyl (C=O) groups is 1. The molecule has 0 unspecified atom stereocenters. The highest BCUT2D eigenvalue weighted by atomic mass is 35.7. The van der Waals surface area contributed by atoms with Crippen LogP contribution in [0.15, 0.2) is 17.0 Å². The van der Waals surface area contributed by atoms with Crippen LogP contribution >= 0.6 is 10.7 Å². The monoisotopic (exact) mass is 359 g/mol. The predicted molar refractivity (Wildman–Crippen MR) is 90.4 cm³/mol. The second-order valence-electron chi connectivity index (χ2n) is 5.73. The summed E-state index contributed by atoms with van der Waals surface area (Å²) in [5.41, 5.74) is 2.34.